The van der Waals surface area contributed by atoms with Crippen LogP contribution in [0.2, 0.25) is 15.1 Å². The molecule has 6 heteroatoms. The Morgan fingerprint density at radius 1 is 0.867 bits per heavy atom. The van der Waals surface area contributed by atoms with E-state index in [-0.39, 0.29) is 17.8 Å². The van der Waals surface area contributed by atoms with Crippen molar-refractivity contribution in [3.63, 3.8) is 0 Å². The van der Waals surface area contributed by atoms with Gasteiger partial charge < -0.3 is 9.15 Å². The molecule has 3 nitrogen and oxygen atoms in total. The van der Waals surface area contributed by atoms with Crippen LogP contribution in [0.5, 0.6) is 5.75 Å². The molecule has 0 radical (unpaired) electrons. The molecule has 0 saturated heterocycles. The summed E-state index contributed by atoms with van der Waals surface area (Å²) in [6.45, 7) is 4.02. The fraction of sp³-hybridized carbons (Fsp3) is 0.125. The molecule has 1 heterocycles. The van der Waals surface area contributed by atoms with Gasteiger partial charge in [0.2, 0.25) is 11.2 Å². The van der Waals surface area contributed by atoms with Gasteiger partial charge in [-0.05, 0) is 73.5 Å². The molecule has 0 aliphatic rings. The highest BCUT2D eigenvalue weighted by Gasteiger charge is 2.19. The van der Waals surface area contributed by atoms with Gasteiger partial charge in [0.15, 0.2) is 5.76 Å². The number of fused-ring (bicyclic) bond motifs is 1. The average molecular weight is 460 g/mol. The van der Waals surface area contributed by atoms with Crippen LogP contribution in [-0.2, 0) is 6.61 Å². The second-order valence-electron chi connectivity index (χ2n) is 7.05. The smallest absolute Gasteiger partial charge is 0.235 e. The fourth-order valence-electron chi connectivity index (χ4n) is 3.14. The largest absolute Gasteiger partial charge is 0.481 e. The molecule has 0 spiro atoms. The van der Waals surface area contributed by atoms with Crippen LogP contribution in [0.4, 0.5) is 0 Å². The lowest BCUT2D eigenvalue weighted by molar-refractivity contribution is 0.298. The number of hydrogen-bond donors (Lipinski definition) is 0. The van der Waals surface area contributed by atoms with E-state index in [1.165, 1.54) is 0 Å². The molecule has 4 aromatic rings. The van der Waals surface area contributed by atoms with Crippen molar-refractivity contribution in [2.45, 2.75) is 20.5 Å². The molecule has 0 N–H and O–H groups in total. The average Bonchev–Trinajstić information content (AvgIpc) is 2.70. The third-order valence-corrected chi connectivity index (χ3v) is 5.80. The standard InChI is InChI=1S/C24H17Cl3O3/c1-13-9-19-21(10-14(13)2)30-23(15-3-6-17(25)7-4-15)24(22(19)28)29-12-16-5-8-18(26)11-20(16)27/h3-11H,12H2,1-2H3. The molecule has 0 aliphatic carbocycles. The summed E-state index contributed by atoms with van der Waals surface area (Å²) >= 11 is 18.3. The number of hydrogen-bond acceptors (Lipinski definition) is 3. The van der Waals surface area contributed by atoms with Gasteiger partial charge in [-0.15, -0.1) is 0 Å². The summed E-state index contributed by atoms with van der Waals surface area (Å²) < 4.78 is 12.1. The second kappa shape index (κ2) is 8.35. The highest BCUT2D eigenvalue weighted by molar-refractivity contribution is 6.35. The molecular weight excluding hydrogens is 443 g/mol. The van der Waals surface area contributed by atoms with E-state index in [1.54, 1.807) is 42.5 Å². The zero-order chi connectivity index (χ0) is 21.4. The minimum Gasteiger partial charge on any atom is -0.481 e. The molecular formula is C24H17Cl3O3. The van der Waals surface area contributed by atoms with Crippen molar-refractivity contribution in [3.05, 3.63) is 96.6 Å². The molecule has 0 atom stereocenters. The van der Waals surface area contributed by atoms with Gasteiger partial charge in [0.1, 0.15) is 12.2 Å². The summed E-state index contributed by atoms with van der Waals surface area (Å²) in [7, 11) is 0. The molecule has 0 saturated carbocycles. The summed E-state index contributed by atoms with van der Waals surface area (Å²) in [6.07, 6.45) is 0. The van der Waals surface area contributed by atoms with Crippen LogP contribution in [0, 0.1) is 13.8 Å². The Kier molecular flexibility index (Phi) is 5.79. The SMILES string of the molecule is Cc1cc2oc(-c3ccc(Cl)cc3)c(OCc3ccc(Cl)cc3Cl)c(=O)c2cc1C. The summed E-state index contributed by atoms with van der Waals surface area (Å²) in [5.41, 5.74) is 3.70. The van der Waals surface area contributed by atoms with E-state index < -0.39 is 0 Å². The van der Waals surface area contributed by atoms with Crippen molar-refractivity contribution in [1.82, 2.24) is 0 Å². The third-order valence-electron chi connectivity index (χ3n) is 4.96. The predicted octanol–water partition coefficient (Wildman–Crippen LogP) is 7.62. The summed E-state index contributed by atoms with van der Waals surface area (Å²) in [5, 5.41) is 2.05. The fourth-order valence-corrected chi connectivity index (χ4v) is 3.73. The zero-order valence-corrected chi connectivity index (χ0v) is 18.5. The normalized spacial score (nSPS) is 11.1. The van der Waals surface area contributed by atoms with E-state index in [9.17, 15) is 4.79 Å². The van der Waals surface area contributed by atoms with Gasteiger partial charge in [-0.1, -0.05) is 40.9 Å². The Hall–Kier alpha value is -2.46. The minimum atomic E-state index is -0.241. The first kappa shape index (κ1) is 20.8. The van der Waals surface area contributed by atoms with Crippen molar-refractivity contribution in [1.29, 1.82) is 0 Å². The van der Waals surface area contributed by atoms with E-state index in [1.807, 2.05) is 26.0 Å². The molecule has 152 valence electrons. The lowest BCUT2D eigenvalue weighted by Gasteiger charge is -2.13. The molecule has 4 rings (SSSR count). The minimum absolute atomic E-state index is 0.0949. The topological polar surface area (TPSA) is 39.4 Å². The molecule has 0 unspecified atom stereocenters. The summed E-state index contributed by atoms with van der Waals surface area (Å²) in [4.78, 5) is 13.3. The molecule has 0 bridgehead atoms. The lowest BCUT2D eigenvalue weighted by atomic mass is 10.0. The first-order valence-electron chi connectivity index (χ1n) is 9.24. The Balaban J connectivity index is 1.87. The molecule has 30 heavy (non-hydrogen) atoms. The maximum Gasteiger partial charge on any atom is 0.235 e. The van der Waals surface area contributed by atoms with Crippen molar-refractivity contribution < 1.29 is 9.15 Å². The quantitative estimate of drug-likeness (QED) is 0.315. The third kappa shape index (κ3) is 4.06. The Morgan fingerprint density at radius 3 is 2.23 bits per heavy atom. The van der Waals surface area contributed by atoms with Crippen molar-refractivity contribution in [3.8, 4) is 17.1 Å². The van der Waals surface area contributed by atoms with E-state index >= 15 is 0 Å². The number of rotatable bonds is 4. The van der Waals surface area contributed by atoms with Crippen LogP contribution in [0.15, 0.2) is 63.8 Å². The Labute approximate surface area is 188 Å². The summed E-state index contributed by atoms with van der Waals surface area (Å²) in [5.74, 6) is 0.469. The number of ether oxygens (including phenoxy) is 1. The molecule has 0 amide bonds. The number of benzene rings is 3. The zero-order valence-electron chi connectivity index (χ0n) is 16.3. The van der Waals surface area contributed by atoms with Crippen LogP contribution in [-0.4, -0.2) is 0 Å². The number of halogens is 3. The monoisotopic (exact) mass is 458 g/mol. The first-order valence-corrected chi connectivity index (χ1v) is 10.4. The molecule has 0 fully saturated rings. The van der Waals surface area contributed by atoms with Crippen LogP contribution in [0.3, 0.4) is 0 Å². The van der Waals surface area contributed by atoms with Gasteiger partial charge >= 0.3 is 0 Å². The second-order valence-corrected chi connectivity index (χ2v) is 8.33. The van der Waals surface area contributed by atoms with Crippen molar-refractivity contribution in [2.24, 2.45) is 0 Å². The maximum atomic E-state index is 13.3. The lowest BCUT2D eigenvalue weighted by Crippen LogP contribution is -2.11. The highest BCUT2D eigenvalue weighted by Crippen LogP contribution is 2.33. The summed E-state index contributed by atoms with van der Waals surface area (Å²) in [6, 6.07) is 15.9. The van der Waals surface area contributed by atoms with E-state index in [0.717, 1.165) is 11.1 Å². The van der Waals surface area contributed by atoms with Crippen LogP contribution in [0.1, 0.15) is 16.7 Å². The van der Waals surface area contributed by atoms with Crippen molar-refractivity contribution in [2.75, 3.05) is 0 Å². The van der Waals surface area contributed by atoms with Gasteiger partial charge in [-0.3, -0.25) is 4.79 Å². The van der Waals surface area contributed by atoms with Crippen molar-refractivity contribution >= 4 is 45.8 Å². The first-order chi connectivity index (χ1) is 14.3. The van der Waals surface area contributed by atoms with E-state index in [0.29, 0.717) is 42.9 Å². The van der Waals surface area contributed by atoms with Gasteiger partial charge in [0.05, 0.1) is 5.39 Å². The van der Waals surface area contributed by atoms with Crippen LogP contribution in [0.25, 0.3) is 22.3 Å². The molecule has 3 aromatic carbocycles. The Morgan fingerprint density at radius 2 is 1.53 bits per heavy atom. The highest BCUT2D eigenvalue weighted by atomic mass is 35.5. The maximum absolute atomic E-state index is 13.3. The van der Waals surface area contributed by atoms with Crippen LogP contribution < -0.4 is 10.2 Å². The Bertz CT molecular complexity index is 1310. The van der Waals surface area contributed by atoms with Crippen LogP contribution >= 0.6 is 34.8 Å². The van der Waals surface area contributed by atoms with Gasteiger partial charge in [-0.2, -0.15) is 0 Å². The number of aryl methyl sites for hydroxylation is 2. The molecule has 0 aliphatic heterocycles. The molecule has 1 aromatic heterocycles. The van der Waals surface area contributed by atoms with Gasteiger partial charge in [0, 0.05) is 26.2 Å². The van der Waals surface area contributed by atoms with E-state index in [2.05, 4.69) is 0 Å². The van der Waals surface area contributed by atoms with E-state index in [4.69, 9.17) is 44.0 Å². The predicted molar refractivity (Wildman–Crippen MR) is 123 cm³/mol. The van der Waals surface area contributed by atoms with Gasteiger partial charge in [-0.25, -0.2) is 0 Å². The van der Waals surface area contributed by atoms with Gasteiger partial charge in [0.25, 0.3) is 0 Å².